The van der Waals surface area contributed by atoms with Gasteiger partial charge in [-0.25, -0.2) is 0 Å². The smallest absolute Gasteiger partial charge is 0.271 e. The van der Waals surface area contributed by atoms with E-state index in [-0.39, 0.29) is 23.7 Å². The summed E-state index contributed by atoms with van der Waals surface area (Å²) in [5.41, 5.74) is 1.10. The topological polar surface area (TPSA) is 90.7 Å². The first kappa shape index (κ1) is 18.3. The van der Waals surface area contributed by atoms with Gasteiger partial charge in [-0.3, -0.25) is 14.9 Å². The van der Waals surface area contributed by atoms with E-state index in [4.69, 9.17) is 9.47 Å². The van der Waals surface area contributed by atoms with Crippen LogP contribution in [0.5, 0.6) is 11.5 Å². The standard InChI is InChI=1S/C18H20N2O5/c1-3-25-16-7-5-4-6-13(16)8-11-18(21)19-15-12-14(20(22)23)9-10-17(15)24-2/h4-7,9-10,12H,3,8,11H2,1-2H3,(H,19,21). The molecular weight excluding hydrogens is 324 g/mol. The number of rotatable bonds is 8. The summed E-state index contributed by atoms with van der Waals surface area (Å²) in [5.74, 6) is 0.865. The van der Waals surface area contributed by atoms with Crippen LogP contribution in [0.4, 0.5) is 11.4 Å². The number of para-hydroxylation sites is 1. The average molecular weight is 344 g/mol. The predicted octanol–water partition coefficient (Wildman–Crippen LogP) is 3.57. The number of hydrogen-bond donors (Lipinski definition) is 1. The monoisotopic (exact) mass is 344 g/mol. The summed E-state index contributed by atoms with van der Waals surface area (Å²) in [6.45, 7) is 2.45. The van der Waals surface area contributed by atoms with Crippen molar-refractivity contribution < 1.29 is 19.2 Å². The second-order valence-corrected chi connectivity index (χ2v) is 5.23. The molecule has 7 heteroatoms. The summed E-state index contributed by atoms with van der Waals surface area (Å²) in [4.78, 5) is 22.6. The molecule has 0 aliphatic carbocycles. The number of benzene rings is 2. The fraction of sp³-hybridized carbons (Fsp3) is 0.278. The lowest BCUT2D eigenvalue weighted by Crippen LogP contribution is -2.13. The fourth-order valence-electron chi connectivity index (χ4n) is 2.37. The van der Waals surface area contributed by atoms with Gasteiger partial charge >= 0.3 is 0 Å². The van der Waals surface area contributed by atoms with Crippen molar-refractivity contribution in [2.45, 2.75) is 19.8 Å². The quantitative estimate of drug-likeness (QED) is 0.584. The van der Waals surface area contributed by atoms with Gasteiger partial charge in [0.2, 0.25) is 5.91 Å². The van der Waals surface area contributed by atoms with Crippen LogP contribution in [0.15, 0.2) is 42.5 Å². The van der Waals surface area contributed by atoms with E-state index in [0.29, 0.717) is 18.8 Å². The predicted molar refractivity (Wildman–Crippen MR) is 94.2 cm³/mol. The highest BCUT2D eigenvalue weighted by Crippen LogP contribution is 2.29. The van der Waals surface area contributed by atoms with Gasteiger partial charge in [-0.1, -0.05) is 18.2 Å². The van der Waals surface area contributed by atoms with Crippen LogP contribution in [0.2, 0.25) is 0 Å². The Morgan fingerprint density at radius 1 is 1.20 bits per heavy atom. The Morgan fingerprint density at radius 2 is 1.96 bits per heavy atom. The second-order valence-electron chi connectivity index (χ2n) is 5.23. The third-order valence-corrected chi connectivity index (χ3v) is 3.56. The second kappa shape index (κ2) is 8.68. The highest BCUT2D eigenvalue weighted by molar-refractivity contribution is 5.92. The summed E-state index contributed by atoms with van der Waals surface area (Å²) in [7, 11) is 1.44. The number of aryl methyl sites for hydroxylation is 1. The molecule has 2 aromatic carbocycles. The molecular formula is C18H20N2O5. The molecule has 0 unspecified atom stereocenters. The number of nitro benzene ring substituents is 1. The van der Waals surface area contributed by atoms with Crippen LogP contribution in [-0.2, 0) is 11.2 Å². The number of non-ortho nitro benzene ring substituents is 1. The van der Waals surface area contributed by atoms with E-state index in [0.717, 1.165) is 11.3 Å². The summed E-state index contributed by atoms with van der Waals surface area (Å²) >= 11 is 0. The minimum absolute atomic E-state index is 0.113. The molecule has 0 aromatic heterocycles. The van der Waals surface area contributed by atoms with E-state index in [1.807, 2.05) is 31.2 Å². The summed E-state index contributed by atoms with van der Waals surface area (Å²) in [5, 5.41) is 13.6. The van der Waals surface area contributed by atoms with Crippen LogP contribution in [-0.4, -0.2) is 24.5 Å². The maximum absolute atomic E-state index is 12.2. The first-order valence-corrected chi connectivity index (χ1v) is 7.88. The summed E-state index contributed by atoms with van der Waals surface area (Å²) < 4.78 is 10.7. The highest BCUT2D eigenvalue weighted by Gasteiger charge is 2.14. The lowest BCUT2D eigenvalue weighted by atomic mass is 10.1. The van der Waals surface area contributed by atoms with Gasteiger partial charge in [-0.05, 0) is 31.0 Å². The van der Waals surface area contributed by atoms with Crippen molar-refractivity contribution in [2.24, 2.45) is 0 Å². The molecule has 0 saturated carbocycles. The zero-order valence-electron chi connectivity index (χ0n) is 14.2. The van der Waals surface area contributed by atoms with E-state index >= 15 is 0 Å². The van der Waals surface area contributed by atoms with Gasteiger partial charge in [-0.2, -0.15) is 0 Å². The van der Waals surface area contributed by atoms with Crippen molar-refractivity contribution in [1.29, 1.82) is 0 Å². The number of nitro groups is 1. The van der Waals surface area contributed by atoms with E-state index in [2.05, 4.69) is 5.32 Å². The van der Waals surface area contributed by atoms with Crippen LogP contribution in [0.1, 0.15) is 18.9 Å². The fourth-order valence-corrected chi connectivity index (χ4v) is 2.37. The maximum Gasteiger partial charge on any atom is 0.271 e. The van der Waals surface area contributed by atoms with Crippen molar-refractivity contribution in [3.63, 3.8) is 0 Å². The highest BCUT2D eigenvalue weighted by atomic mass is 16.6. The molecule has 0 heterocycles. The van der Waals surface area contributed by atoms with E-state index in [1.165, 1.54) is 25.3 Å². The molecule has 0 fully saturated rings. The van der Waals surface area contributed by atoms with E-state index < -0.39 is 4.92 Å². The van der Waals surface area contributed by atoms with Gasteiger partial charge in [0, 0.05) is 18.6 Å². The molecule has 7 nitrogen and oxygen atoms in total. The van der Waals surface area contributed by atoms with Crippen LogP contribution < -0.4 is 14.8 Å². The molecule has 0 radical (unpaired) electrons. The average Bonchev–Trinajstić information content (AvgIpc) is 2.61. The van der Waals surface area contributed by atoms with Crippen molar-refractivity contribution in [3.8, 4) is 11.5 Å². The molecule has 0 bridgehead atoms. The number of hydrogen-bond acceptors (Lipinski definition) is 5. The Labute approximate surface area is 145 Å². The lowest BCUT2D eigenvalue weighted by Gasteiger charge is -2.11. The largest absolute Gasteiger partial charge is 0.495 e. The molecule has 2 rings (SSSR count). The van der Waals surface area contributed by atoms with E-state index in [1.54, 1.807) is 0 Å². The first-order valence-electron chi connectivity index (χ1n) is 7.88. The summed E-state index contributed by atoms with van der Waals surface area (Å²) in [6.07, 6.45) is 0.717. The zero-order valence-corrected chi connectivity index (χ0v) is 14.2. The maximum atomic E-state index is 12.2. The summed E-state index contributed by atoms with van der Waals surface area (Å²) in [6, 6.07) is 11.6. The Balaban J connectivity index is 2.05. The molecule has 0 aliphatic rings. The van der Waals surface area contributed by atoms with Gasteiger partial charge < -0.3 is 14.8 Å². The minimum Gasteiger partial charge on any atom is -0.495 e. The third kappa shape index (κ3) is 4.94. The van der Waals surface area contributed by atoms with Crippen LogP contribution >= 0.6 is 0 Å². The van der Waals surface area contributed by atoms with Crippen LogP contribution in [0.25, 0.3) is 0 Å². The minimum atomic E-state index is -0.520. The van der Waals surface area contributed by atoms with Crippen molar-refractivity contribution in [2.75, 3.05) is 19.0 Å². The number of nitrogens with zero attached hydrogens (tertiary/aromatic N) is 1. The van der Waals surface area contributed by atoms with Crippen LogP contribution in [0, 0.1) is 10.1 Å². The molecule has 1 amide bonds. The molecule has 0 saturated heterocycles. The lowest BCUT2D eigenvalue weighted by molar-refractivity contribution is -0.384. The first-order chi connectivity index (χ1) is 12.0. The normalized spacial score (nSPS) is 10.2. The Morgan fingerprint density at radius 3 is 2.64 bits per heavy atom. The van der Waals surface area contributed by atoms with Crippen molar-refractivity contribution >= 4 is 17.3 Å². The molecule has 0 atom stereocenters. The zero-order chi connectivity index (χ0) is 18.2. The van der Waals surface area contributed by atoms with Crippen LogP contribution in [0.3, 0.4) is 0 Å². The SMILES string of the molecule is CCOc1ccccc1CCC(=O)Nc1cc([N+](=O)[O-])ccc1OC. The Kier molecular flexibility index (Phi) is 6.33. The molecule has 2 aromatic rings. The molecule has 25 heavy (non-hydrogen) atoms. The van der Waals surface area contributed by atoms with Crippen molar-refractivity contribution in [3.05, 3.63) is 58.1 Å². The van der Waals surface area contributed by atoms with Gasteiger partial charge in [0.05, 0.1) is 24.3 Å². The van der Waals surface area contributed by atoms with Gasteiger partial charge in [0.25, 0.3) is 5.69 Å². The number of ether oxygens (including phenoxy) is 2. The number of amides is 1. The van der Waals surface area contributed by atoms with Crippen molar-refractivity contribution in [1.82, 2.24) is 0 Å². The van der Waals surface area contributed by atoms with Gasteiger partial charge in [0.1, 0.15) is 11.5 Å². The number of methoxy groups -OCH3 is 1. The molecule has 132 valence electrons. The number of nitrogens with one attached hydrogen (secondary N) is 1. The Hall–Kier alpha value is -3.09. The number of anilines is 1. The van der Waals surface area contributed by atoms with Gasteiger partial charge in [0.15, 0.2) is 0 Å². The van der Waals surface area contributed by atoms with E-state index in [9.17, 15) is 14.9 Å². The third-order valence-electron chi connectivity index (χ3n) is 3.56. The molecule has 0 spiro atoms. The Bertz CT molecular complexity index is 761. The number of carbonyl (C=O) groups excluding carboxylic acids is 1. The number of carbonyl (C=O) groups is 1. The molecule has 0 aliphatic heterocycles. The van der Waals surface area contributed by atoms with Gasteiger partial charge in [-0.15, -0.1) is 0 Å². The molecule has 1 N–H and O–H groups in total.